The van der Waals surface area contributed by atoms with Gasteiger partial charge in [-0.3, -0.25) is 0 Å². The van der Waals surface area contributed by atoms with Crippen LogP contribution < -0.4 is 4.90 Å². The Morgan fingerprint density at radius 2 is 1.94 bits per heavy atom. The SMILES string of the molecule is Cn1c(SCCCN2C[C@H]3CCN(c4ccc(C(F)(F)F)cc4)[C@H]3C2)nnc1[C@@H]1COCCO1. The van der Waals surface area contributed by atoms with Gasteiger partial charge in [0, 0.05) is 44.2 Å². The number of anilines is 1. The predicted molar refractivity (Wildman–Crippen MR) is 123 cm³/mol. The first kappa shape index (κ1) is 23.9. The average molecular weight is 498 g/mol. The number of alkyl halides is 3. The fourth-order valence-electron chi connectivity index (χ4n) is 5.21. The van der Waals surface area contributed by atoms with Crippen LogP contribution in [0.5, 0.6) is 0 Å². The van der Waals surface area contributed by atoms with Gasteiger partial charge in [0.25, 0.3) is 0 Å². The van der Waals surface area contributed by atoms with Crippen molar-refractivity contribution < 1.29 is 22.6 Å². The van der Waals surface area contributed by atoms with Crippen molar-refractivity contribution in [2.75, 3.05) is 56.7 Å². The molecule has 0 spiro atoms. The van der Waals surface area contributed by atoms with Crippen molar-refractivity contribution in [1.29, 1.82) is 0 Å². The van der Waals surface area contributed by atoms with Crippen molar-refractivity contribution in [3.05, 3.63) is 35.7 Å². The van der Waals surface area contributed by atoms with Gasteiger partial charge in [-0.1, -0.05) is 11.8 Å². The van der Waals surface area contributed by atoms with Crippen LogP contribution in [0.4, 0.5) is 18.9 Å². The van der Waals surface area contributed by atoms with Gasteiger partial charge < -0.3 is 23.8 Å². The van der Waals surface area contributed by atoms with Crippen LogP contribution in [0.1, 0.15) is 30.3 Å². The molecule has 5 rings (SSSR count). The molecule has 11 heteroatoms. The lowest BCUT2D eigenvalue weighted by Crippen LogP contribution is -2.35. The smallest absolute Gasteiger partial charge is 0.376 e. The van der Waals surface area contributed by atoms with E-state index >= 15 is 0 Å². The van der Waals surface area contributed by atoms with E-state index in [0.717, 1.165) is 61.4 Å². The molecule has 0 saturated carbocycles. The maximum absolute atomic E-state index is 12.9. The van der Waals surface area contributed by atoms with Crippen molar-refractivity contribution in [2.24, 2.45) is 13.0 Å². The molecular formula is C23H30F3N5O2S. The molecule has 3 saturated heterocycles. The van der Waals surface area contributed by atoms with Crippen molar-refractivity contribution in [3.8, 4) is 0 Å². The monoisotopic (exact) mass is 497 g/mol. The maximum Gasteiger partial charge on any atom is 0.416 e. The van der Waals surface area contributed by atoms with Gasteiger partial charge in [0.05, 0.1) is 25.4 Å². The van der Waals surface area contributed by atoms with Crippen molar-refractivity contribution in [3.63, 3.8) is 0 Å². The Kier molecular flexibility index (Phi) is 7.06. The van der Waals surface area contributed by atoms with Crippen LogP contribution in [0, 0.1) is 5.92 Å². The molecule has 0 N–H and O–H groups in total. The van der Waals surface area contributed by atoms with Crippen LogP contribution in [0.2, 0.25) is 0 Å². The summed E-state index contributed by atoms with van der Waals surface area (Å²) >= 11 is 1.70. The van der Waals surface area contributed by atoms with E-state index < -0.39 is 11.7 Å². The van der Waals surface area contributed by atoms with Gasteiger partial charge in [-0.2, -0.15) is 13.2 Å². The van der Waals surface area contributed by atoms with Crippen molar-refractivity contribution >= 4 is 17.4 Å². The molecule has 186 valence electrons. The topological polar surface area (TPSA) is 55.7 Å². The summed E-state index contributed by atoms with van der Waals surface area (Å²) in [6, 6.07) is 5.99. The van der Waals surface area contributed by atoms with Crippen LogP contribution in [0.15, 0.2) is 29.4 Å². The van der Waals surface area contributed by atoms with Gasteiger partial charge >= 0.3 is 6.18 Å². The van der Waals surface area contributed by atoms with E-state index in [4.69, 9.17) is 9.47 Å². The number of ether oxygens (including phenoxy) is 2. The normalized spacial score (nSPS) is 25.8. The van der Waals surface area contributed by atoms with Gasteiger partial charge in [0.15, 0.2) is 11.0 Å². The molecule has 3 fully saturated rings. The fourth-order valence-corrected chi connectivity index (χ4v) is 6.06. The second-order valence-electron chi connectivity index (χ2n) is 9.15. The molecule has 3 aliphatic rings. The van der Waals surface area contributed by atoms with E-state index in [0.29, 0.717) is 31.8 Å². The number of aromatic nitrogens is 3. The number of fused-ring (bicyclic) bond motifs is 1. The Hall–Kier alpha value is -1.82. The molecule has 2 aromatic rings. The molecule has 3 atom stereocenters. The van der Waals surface area contributed by atoms with Crippen LogP contribution >= 0.6 is 11.8 Å². The Balaban J connectivity index is 1.09. The summed E-state index contributed by atoms with van der Waals surface area (Å²) in [7, 11) is 1.97. The zero-order chi connectivity index (χ0) is 23.7. The van der Waals surface area contributed by atoms with E-state index in [2.05, 4.69) is 20.0 Å². The van der Waals surface area contributed by atoms with Gasteiger partial charge in [-0.05, 0) is 49.6 Å². The Labute approximate surface area is 201 Å². The largest absolute Gasteiger partial charge is 0.416 e. The number of hydrogen-bond acceptors (Lipinski definition) is 7. The molecule has 0 bridgehead atoms. The lowest BCUT2D eigenvalue weighted by molar-refractivity contribution is -0.137. The minimum atomic E-state index is -4.29. The molecule has 7 nitrogen and oxygen atoms in total. The second-order valence-corrected chi connectivity index (χ2v) is 10.2. The third kappa shape index (κ3) is 5.07. The second kappa shape index (κ2) is 10.0. The fraction of sp³-hybridized carbons (Fsp3) is 0.652. The Morgan fingerprint density at radius 1 is 1.12 bits per heavy atom. The lowest BCUT2D eigenvalue weighted by atomic mass is 10.0. The van der Waals surface area contributed by atoms with Crippen molar-refractivity contribution in [1.82, 2.24) is 19.7 Å². The van der Waals surface area contributed by atoms with Crippen molar-refractivity contribution in [2.45, 2.75) is 36.3 Å². The number of nitrogens with zero attached hydrogens (tertiary/aromatic N) is 5. The molecule has 34 heavy (non-hydrogen) atoms. The van der Waals surface area contributed by atoms with Gasteiger partial charge in [0.1, 0.15) is 6.10 Å². The maximum atomic E-state index is 12.9. The number of thioether (sulfide) groups is 1. The van der Waals surface area contributed by atoms with E-state index in [1.807, 2.05) is 11.6 Å². The highest BCUT2D eigenvalue weighted by Gasteiger charge is 2.41. The molecule has 0 radical (unpaired) electrons. The Morgan fingerprint density at radius 3 is 2.68 bits per heavy atom. The first-order chi connectivity index (χ1) is 16.4. The zero-order valence-electron chi connectivity index (χ0n) is 19.2. The zero-order valence-corrected chi connectivity index (χ0v) is 20.0. The molecule has 4 heterocycles. The molecule has 0 unspecified atom stereocenters. The quantitative estimate of drug-likeness (QED) is 0.428. The summed E-state index contributed by atoms with van der Waals surface area (Å²) in [6.07, 6.45) is -2.32. The molecule has 3 aliphatic heterocycles. The highest BCUT2D eigenvalue weighted by Crippen LogP contribution is 2.37. The Bertz CT molecular complexity index is 965. The standard InChI is InChI=1S/C23H30F3N5O2S/c1-29-21(20-15-32-10-11-33-20)27-28-22(29)34-12-2-8-30-13-16-7-9-31(19(16)14-30)18-5-3-17(4-6-18)23(24,25)26/h3-6,16,19-20H,2,7-15H2,1H3/t16-,19+,20+/m1/s1. The van der Waals surface area contributed by atoms with E-state index in [9.17, 15) is 13.2 Å². The minimum Gasteiger partial charge on any atom is -0.376 e. The highest BCUT2D eigenvalue weighted by atomic mass is 32.2. The lowest BCUT2D eigenvalue weighted by Gasteiger charge is -2.27. The summed E-state index contributed by atoms with van der Waals surface area (Å²) in [4.78, 5) is 4.78. The summed E-state index contributed by atoms with van der Waals surface area (Å²) < 4.78 is 51.9. The molecule has 1 aromatic heterocycles. The first-order valence-corrected chi connectivity index (χ1v) is 12.8. The molecule has 0 aliphatic carbocycles. The van der Waals surface area contributed by atoms with E-state index in [-0.39, 0.29) is 6.10 Å². The van der Waals surface area contributed by atoms with Crippen LogP contribution in [0.25, 0.3) is 0 Å². The van der Waals surface area contributed by atoms with Gasteiger partial charge in [-0.15, -0.1) is 10.2 Å². The summed E-state index contributed by atoms with van der Waals surface area (Å²) in [6.45, 7) is 5.64. The van der Waals surface area contributed by atoms with Gasteiger partial charge in [0.2, 0.25) is 0 Å². The third-order valence-electron chi connectivity index (χ3n) is 6.97. The van der Waals surface area contributed by atoms with Gasteiger partial charge in [-0.25, -0.2) is 0 Å². The summed E-state index contributed by atoms with van der Waals surface area (Å²) in [5, 5.41) is 9.51. The number of benzene rings is 1. The number of hydrogen-bond donors (Lipinski definition) is 0. The minimum absolute atomic E-state index is 0.155. The summed E-state index contributed by atoms with van der Waals surface area (Å²) in [5.41, 5.74) is 0.301. The first-order valence-electron chi connectivity index (χ1n) is 11.8. The summed E-state index contributed by atoms with van der Waals surface area (Å²) in [5.74, 6) is 2.33. The average Bonchev–Trinajstić information content (AvgIpc) is 3.51. The third-order valence-corrected chi connectivity index (χ3v) is 8.08. The number of likely N-dealkylation sites (tertiary alicyclic amines) is 1. The molecule has 1 aromatic carbocycles. The van der Waals surface area contributed by atoms with Crippen LogP contribution in [-0.2, 0) is 22.7 Å². The predicted octanol–water partition coefficient (Wildman–Crippen LogP) is 3.61. The number of rotatable bonds is 7. The van der Waals surface area contributed by atoms with Crippen LogP contribution in [0.3, 0.4) is 0 Å². The van der Waals surface area contributed by atoms with E-state index in [1.54, 1.807) is 23.9 Å². The number of halogens is 3. The highest BCUT2D eigenvalue weighted by molar-refractivity contribution is 7.99. The molecule has 0 amide bonds. The van der Waals surface area contributed by atoms with Crippen LogP contribution in [-0.4, -0.2) is 77.5 Å². The van der Waals surface area contributed by atoms with E-state index in [1.165, 1.54) is 12.1 Å². The molecular weight excluding hydrogens is 467 g/mol.